The van der Waals surface area contributed by atoms with E-state index >= 15 is 0 Å². The summed E-state index contributed by atoms with van der Waals surface area (Å²) < 4.78 is 2.13. The van der Waals surface area contributed by atoms with Crippen LogP contribution < -0.4 is 11.3 Å². The third-order valence-electron chi connectivity index (χ3n) is 3.11. The third kappa shape index (κ3) is 3.35. The number of benzene rings is 1. The van der Waals surface area contributed by atoms with Gasteiger partial charge in [-0.25, -0.2) is 10.4 Å². The molecule has 1 heterocycles. The summed E-state index contributed by atoms with van der Waals surface area (Å²) in [5.74, 6) is 6.63. The molecule has 0 saturated heterocycles. The molecule has 1 atom stereocenters. The number of nitrogens with zero attached hydrogens (tertiary/aromatic N) is 2. The van der Waals surface area contributed by atoms with Crippen LogP contribution in [0.5, 0.6) is 0 Å². The fraction of sp³-hybridized carbons (Fsp3) is 0.357. The molecule has 0 fully saturated rings. The highest BCUT2D eigenvalue weighted by Crippen LogP contribution is 2.22. The lowest BCUT2D eigenvalue weighted by atomic mass is 10.1. The molecule has 4 nitrogen and oxygen atoms in total. The van der Waals surface area contributed by atoms with Gasteiger partial charge in [-0.15, -0.1) is 0 Å². The Hall–Kier alpha value is -1.36. The summed E-state index contributed by atoms with van der Waals surface area (Å²) >= 11 is 6.19. The molecule has 0 radical (unpaired) electrons. The molecule has 0 saturated carbocycles. The van der Waals surface area contributed by atoms with Crippen LogP contribution in [0, 0.1) is 0 Å². The standard InChI is InChI=1S/C14H19ClN4/c1-2-8-19-9-7-17-14(19)13(18-16)10-11-5-3-4-6-12(11)15/h3-7,9,13,18H,2,8,10,16H2,1H3. The SMILES string of the molecule is CCCn1ccnc1C(Cc1ccccc1Cl)NN. The van der Waals surface area contributed by atoms with Gasteiger partial charge in [-0.05, 0) is 24.5 Å². The van der Waals surface area contributed by atoms with Gasteiger partial charge in [0.25, 0.3) is 0 Å². The molecular formula is C14H19ClN4. The lowest BCUT2D eigenvalue weighted by Crippen LogP contribution is -2.32. The molecule has 0 spiro atoms. The first-order chi connectivity index (χ1) is 9.26. The molecule has 0 aliphatic heterocycles. The Bertz CT molecular complexity index is 524. The van der Waals surface area contributed by atoms with Crippen molar-refractivity contribution in [2.75, 3.05) is 0 Å². The molecule has 0 aliphatic carbocycles. The summed E-state index contributed by atoms with van der Waals surface area (Å²) in [6.07, 6.45) is 5.57. The number of aromatic nitrogens is 2. The van der Waals surface area contributed by atoms with E-state index in [2.05, 4.69) is 21.9 Å². The summed E-state index contributed by atoms with van der Waals surface area (Å²) in [6, 6.07) is 7.77. The van der Waals surface area contributed by atoms with Crippen molar-refractivity contribution in [1.82, 2.24) is 15.0 Å². The molecule has 1 unspecified atom stereocenters. The average molecular weight is 279 g/mol. The topological polar surface area (TPSA) is 55.9 Å². The molecular weight excluding hydrogens is 260 g/mol. The minimum Gasteiger partial charge on any atom is -0.334 e. The Morgan fingerprint density at radius 3 is 2.89 bits per heavy atom. The van der Waals surface area contributed by atoms with Crippen molar-refractivity contribution in [1.29, 1.82) is 0 Å². The maximum atomic E-state index is 6.19. The van der Waals surface area contributed by atoms with Crippen LogP contribution in [-0.2, 0) is 13.0 Å². The number of nitrogens with two attached hydrogens (primary N) is 1. The van der Waals surface area contributed by atoms with E-state index in [1.54, 1.807) is 0 Å². The number of aryl methyl sites for hydroxylation is 1. The average Bonchev–Trinajstić information content (AvgIpc) is 2.86. The molecule has 2 rings (SSSR count). The summed E-state index contributed by atoms with van der Waals surface area (Å²) in [6.45, 7) is 3.08. The molecule has 1 aromatic heterocycles. The Balaban J connectivity index is 2.20. The minimum absolute atomic E-state index is 0.0403. The second kappa shape index (κ2) is 6.70. The molecule has 5 heteroatoms. The second-order valence-corrected chi connectivity index (χ2v) is 4.90. The van der Waals surface area contributed by atoms with Crippen molar-refractivity contribution in [3.63, 3.8) is 0 Å². The molecule has 0 amide bonds. The summed E-state index contributed by atoms with van der Waals surface area (Å²) in [5, 5.41) is 0.761. The molecule has 0 aliphatic rings. The van der Waals surface area contributed by atoms with Crippen molar-refractivity contribution >= 4 is 11.6 Å². The van der Waals surface area contributed by atoms with E-state index in [4.69, 9.17) is 17.4 Å². The Morgan fingerprint density at radius 2 is 2.21 bits per heavy atom. The Kier molecular flexibility index (Phi) is 4.96. The van der Waals surface area contributed by atoms with E-state index in [1.807, 2.05) is 36.7 Å². The van der Waals surface area contributed by atoms with E-state index < -0.39 is 0 Å². The van der Waals surface area contributed by atoms with Gasteiger partial charge in [0, 0.05) is 24.0 Å². The van der Waals surface area contributed by atoms with Crippen LogP contribution in [0.1, 0.15) is 30.8 Å². The number of hydrazine groups is 1. The maximum absolute atomic E-state index is 6.19. The molecule has 1 aromatic carbocycles. The number of hydrogen-bond acceptors (Lipinski definition) is 3. The van der Waals surface area contributed by atoms with Crippen LogP contribution in [0.4, 0.5) is 0 Å². The predicted octanol–water partition coefficient (Wildman–Crippen LogP) is 2.69. The van der Waals surface area contributed by atoms with E-state index in [1.165, 1.54) is 0 Å². The fourth-order valence-electron chi connectivity index (χ4n) is 2.17. The zero-order valence-electron chi connectivity index (χ0n) is 11.0. The van der Waals surface area contributed by atoms with Crippen LogP contribution in [0.15, 0.2) is 36.7 Å². The molecule has 0 bridgehead atoms. The van der Waals surface area contributed by atoms with E-state index in [0.717, 1.165) is 35.8 Å². The predicted molar refractivity (Wildman–Crippen MR) is 77.7 cm³/mol. The number of nitrogens with one attached hydrogen (secondary N) is 1. The first-order valence-corrected chi connectivity index (χ1v) is 6.84. The van der Waals surface area contributed by atoms with Crippen molar-refractivity contribution < 1.29 is 0 Å². The normalized spacial score (nSPS) is 12.6. The molecule has 19 heavy (non-hydrogen) atoms. The third-order valence-corrected chi connectivity index (χ3v) is 3.48. The highest BCUT2D eigenvalue weighted by atomic mass is 35.5. The molecule has 102 valence electrons. The molecule has 3 N–H and O–H groups in total. The number of rotatable bonds is 6. The van der Waals surface area contributed by atoms with E-state index in [0.29, 0.717) is 0 Å². The van der Waals surface area contributed by atoms with Crippen molar-refractivity contribution in [2.24, 2.45) is 5.84 Å². The zero-order chi connectivity index (χ0) is 13.7. The van der Waals surface area contributed by atoms with Gasteiger partial charge in [-0.2, -0.15) is 0 Å². The zero-order valence-corrected chi connectivity index (χ0v) is 11.8. The first-order valence-electron chi connectivity index (χ1n) is 6.46. The summed E-state index contributed by atoms with van der Waals surface area (Å²) in [7, 11) is 0. The van der Waals surface area contributed by atoms with Crippen LogP contribution in [-0.4, -0.2) is 9.55 Å². The van der Waals surface area contributed by atoms with Gasteiger partial charge < -0.3 is 4.57 Å². The maximum Gasteiger partial charge on any atom is 0.127 e. The van der Waals surface area contributed by atoms with Gasteiger partial charge in [0.2, 0.25) is 0 Å². The van der Waals surface area contributed by atoms with E-state index in [-0.39, 0.29) is 6.04 Å². The lowest BCUT2D eigenvalue weighted by molar-refractivity contribution is 0.488. The van der Waals surface area contributed by atoms with E-state index in [9.17, 15) is 0 Å². The van der Waals surface area contributed by atoms with Gasteiger partial charge in [0.1, 0.15) is 5.82 Å². The smallest absolute Gasteiger partial charge is 0.127 e. The van der Waals surface area contributed by atoms with Crippen molar-refractivity contribution in [3.8, 4) is 0 Å². The van der Waals surface area contributed by atoms with Gasteiger partial charge in [0.15, 0.2) is 0 Å². The number of halogens is 1. The van der Waals surface area contributed by atoms with Crippen molar-refractivity contribution in [3.05, 3.63) is 53.1 Å². The summed E-state index contributed by atoms with van der Waals surface area (Å²) in [5.41, 5.74) is 3.90. The van der Waals surface area contributed by atoms with Crippen LogP contribution in [0.3, 0.4) is 0 Å². The van der Waals surface area contributed by atoms with Crippen LogP contribution in [0.25, 0.3) is 0 Å². The van der Waals surface area contributed by atoms with Gasteiger partial charge in [-0.3, -0.25) is 5.84 Å². The van der Waals surface area contributed by atoms with Gasteiger partial charge in [-0.1, -0.05) is 36.7 Å². The Morgan fingerprint density at radius 1 is 1.42 bits per heavy atom. The van der Waals surface area contributed by atoms with Crippen LogP contribution in [0.2, 0.25) is 5.02 Å². The highest BCUT2D eigenvalue weighted by molar-refractivity contribution is 6.31. The lowest BCUT2D eigenvalue weighted by Gasteiger charge is -2.18. The Labute approximate surface area is 118 Å². The second-order valence-electron chi connectivity index (χ2n) is 4.49. The quantitative estimate of drug-likeness (QED) is 0.631. The van der Waals surface area contributed by atoms with Gasteiger partial charge in [0.05, 0.1) is 6.04 Å². The fourth-order valence-corrected chi connectivity index (χ4v) is 2.38. The molecule has 2 aromatic rings. The number of hydrogen-bond donors (Lipinski definition) is 2. The monoisotopic (exact) mass is 278 g/mol. The number of imidazole rings is 1. The van der Waals surface area contributed by atoms with Gasteiger partial charge >= 0.3 is 0 Å². The first kappa shape index (κ1) is 14.1. The highest BCUT2D eigenvalue weighted by Gasteiger charge is 2.17. The largest absolute Gasteiger partial charge is 0.334 e. The minimum atomic E-state index is -0.0403. The summed E-state index contributed by atoms with van der Waals surface area (Å²) in [4.78, 5) is 4.41. The van der Waals surface area contributed by atoms with Crippen molar-refractivity contribution in [2.45, 2.75) is 32.4 Å². The van der Waals surface area contributed by atoms with Crippen LogP contribution >= 0.6 is 11.6 Å².